The van der Waals surface area contributed by atoms with Gasteiger partial charge in [-0.05, 0) is 18.2 Å². The summed E-state index contributed by atoms with van der Waals surface area (Å²) in [4.78, 5) is 29.5. The largest absolute Gasteiger partial charge is 0.320 e. The van der Waals surface area contributed by atoms with E-state index in [-0.39, 0.29) is 11.5 Å². The van der Waals surface area contributed by atoms with Crippen molar-refractivity contribution in [3.05, 3.63) is 87.3 Å². The zero-order valence-electron chi connectivity index (χ0n) is 14.9. The summed E-state index contributed by atoms with van der Waals surface area (Å²) in [5.41, 5.74) is 2.81. The van der Waals surface area contributed by atoms with Crippen LogP contribution in [0.2, 0.25) is 0 Å². The van der Waals surface area contributed by atoms with E-state index in [1.54, 1.807) is 13.1 Å². The number of aromatic nitrogens is 3. The Kier molecular flexibility index (Phi) is 4.75. The van der Waals surface area contributed by atoms with Crippen molar-refractivity contribution in [2.75, 3.05) is 5.32 Å². The number of hydrogen-bond acceptors (Lipinski definition) is 4. The van der Waals surface area contributed by atoms with Crippen LogP contribution in [-0.4, -0.2) is 20.7 Å². The van der Waals surface area contributed by atoms with Gasteiger partial charge in [-0.15, -0.1) is 0 Å². The first-order valence-electron chi connectivity index (χ1n) is 8.52. The highest BCUT2D eigenvalue weighted by atomic mass is 79.9. The Morgan fingerprint density at radius 2 is 1.86 bits per heavy atom. The molecule has 0 saturated heterocycles. The second-order valence-corrected chi connectivity index (χ2v) is 7.16. The molecule has 2 heterocycles. The van der Waals surface area contributed by atoms with Gasteiger partial charge in [-0.25, -0.2) is 9.67 Å². The van der Waals surface area contributed by atoms with Crippen LogP contribution in [0, 0.1) is 0 Å². The van der Waals surface area contributed by atoms with Gasteiger partial charge in [0, 0.05) is 28.5 Å². The van der Waals surface area contributed by atoms with Crippen LogP contribution in [0.15, 0.2) is 76.1 Å². The highest BCUT2D eigenvalue weighted by Gasteiger charge is 2.15. The van der Waals surface area contributed by atoms with Crippen molar-refractivity contribution < 1.29 is 4.79 Å². The first kappa shape index (κ1) is 18.1. The molecule has 0 atom stereocenters. The van der Waals surface area contributed by atoms with Crippen LogP contribution < -0.4 is 10.9 Å². The standard InChI is InChI=1S/C21H15BrN4O2/c1-26-20(27)10-15(12-23-26)24-21(28)17-11-18(13-5-3-2-4-6-13)25-19-9-14(22)7-8-16(17)19/h2-12H,1H3,(H,24,28). The average molecular weight is 435 g/mol. The minimum atomic E-state index is -0.332. The summed E-state index contributed by atoms with van der Waals surface area (Å²) in [6.45, 7) is 0. The van der Waals surface area contributed by atoms with Gasteiger partial charge >= 0.3 is 0 Å². The number of carbonyl (C=O) groups excluding carboxylic acids is 1. The fourth-order valence-electron chi connectivity index (χ4n) is 2.88. The molecule has 0 aliphatic rings. The van der Waals surface area contributed by atoms with E-state index in [1.807, 2.05) is 48.5 Å². The number of rotatable bonds is 3. The van der Waals surface area contributed by atoms with E-state index in [0.717, 1.165) is 15.4 Å². The molecular formula is C21H15BrN4O2. The fourth-order valence-corrected chi connectivity index (χ4v) is 3.23. The molecule has 4 aromatic rings. The summed E-state index contributed by atoms with van der Waals surface area (Å²) in [7, 11) is 1.55. The van der Waals surface area contributed by atoms with Crippen LogP contribution in [-0.2, 0) is 7.05 Å². The lowest BCUT2D eigenvalue weighted by molar-refractivity contribution is 0.102. The van der Waals surface area contributed by atoms with Gasteiger partial charge in [0.15, 0.2) is 0 Å². The number of hydrogen-bond donors (Lipinski definition) is 1. The van der Waals surface area contributed by atoms with Crippen molar-refractivity contribution in [1.29, 1.82) is 0 Å². The average Bonchev–Trinajstić information content (AvgIpc) is 2.70. The number of nitrogens with zero attached hydrogens (tertiary/aromatic N) is 3. The van der Waals surface area contributed by atoms with Gasteiger partial charge in [-0.1, -0.05) is 52.3 Å². The van der Waals surface area contributed by atoms with Crippen LogP contribution in [0.1, 0.15) is 10.4 Å². The Morgan fingerprint density at radius 1 is 1.07 bits per heavy atom. The topological polar surface area (TPSA) is 76.9 Å². The highest BCUT2D eigenvalue weighted by Crippen LogP contribution is 2.27. The lowest BCUT2D eigenvalue weighted by Crippen LogP contribution is -2.21. The second kappa shape index (κ2) is 7.36. The summed E-state index contributed by atoms with van der Waals surface area (Å²) in [6, 6.07) is 18.3. The lowest BCUT2D eigenvalue weighted by Gasteiger charge is -2.11. The molecule has 1 N–H and O–H groups in total. The smallest absolute Gasteiger partial charge is 0.268 e. The molecule has 0 unspecified atom stereocenters. The van der Waals surface area contributed by atoms with Gasteiger partial charge in [0.1, 0.15) is 0 Å². The molecule has 0 saturated carbocycles. The number of halogens is 1. The molecule has 0 aliphatic heterocycles. The van der Waals surface area contributed by atoms with Gasteiger partial charge in [0.05, 0.1) is 28.7 Å². The Balaban J connectivity index is 1.83. The van der Waals surface area contributed by atoms with Crippen molar-refractivity contribution in [2.24, 2.45) is 7.05 Å². The minimum Gasteiger partial charge on any atom is -0.320 e. The van der Waals surface area contributed by atoms with E-state index in [1.165, 1.54) is 16.9 Å². The molecule has 0 bridgehead atoms. The van der Waals surface area contributed by atoms with Crippen molar-refractivity contribution in [2.45, 2.75) is 0 Å². The molecular weight excluding hydrogens is 420 g/mol. The zero-order valence-corrected chi connectivity index (χ0v) is 16.5. The minimum absolute atomic E-state index is 0.300. The summed E-state index contributed by atoms with van der Waals surface area (Å²) >= 11 is 3.46. The van der Waals surface area contributed by atoms with E-state index < -0.39 is 0 Å². The number of fused-ring (bicyclic) bond motifs is 1. The normalized spacial score (nSPS) is 10.8. The van der Waals surface area contributed by atoms with E-state index >= 15 is 0 Å². The molecule has 28 heavy (non-hydrogen) atoms. The molecule has 7 heteroatoms. The van der Waals surface area contributed by atoms with E-state index in [9.17, 15) is 9.59 Å². The first-order chi connectivity index (χ1) is 13.5. The summed E-state index contributed by atoms with van der Waals surface area (Å²) in [6.07, 6.45) is 1.44. The number of nitrogens with one attached hydrogen (secondary N) is 1. The molecule has 0 radical (unpaired) electrons. The second-order valence-electron chi connectivity index (χ2n) is 6.24. The van der Waals surface area contributed by atoms with Crippen LogP contribution >= 0.6 is 15.9 Å². The van der Waals surface area contributed by atoms with E-state index in [0.29, 0.717) is 22.5 Å². The Bertz CT molecular complexity index is 1250. The predicted octanol–water partition coefficient (Wildman–Crippen LogP) is 4.01. The zero-order chi connectivity index (χ0) is 19.7. The molecule has 6 nitrogen and oxygen atoms in total. The van der Waals surface area contributed by atoms with Crippen LogP contribution in [0.25, 0.3) is 22.2 Å². The molecule has 138 valence electrons. The monoisotopic (exact) mass is 434 g/mol. The van der Waals surface area contributed by atoms with Gasteiger partial charge < -0.3 is 5.32 Å². The fraction of sp³-hybridized carbons (Fsp3) is 0.0476. The molecule has 1 amide bonds. The maximum absolute atomic E-state index is 13.0. The van der Waals surface area contributed by atoms with Crippen molar-refractivity contribution in [3.8, 4) is 11.3 Å². The summed E-state index contributed by atoms with van der Waals surface area (Å²) in [5, 5.41) is 7.41. The number of amides is 1. The van der Waals surface area contributed by atoms with Crippen molar-refractivity contribution >= 4 is 38.4 Å². The Morgan fingerprint density at radius 3 is 2.61 bits per heavy atom. The summed E-state index contributed by atoms with van der Waals surface area (Å²) in [5.74, 6) is -0.332. The molecule has 2 aromatic carbocycles. The molecule has 0 aliphatic carbocycles. The molecule has 2 aromatic heterocycles. The third-order valence-corrected chi connectivity index (χ3v) is 4.81. The van der Waals surface area contributed by atoms with Gasteiger partial charge in [-0.3, -0.25) is 9.59 Å². The van der Waals surface area contributed by atoms with Crippen LogP contribution in [0.4, 0.5) is 5.69 Å². The van der Waals surface area contributed by atoms with Gasteiger partial charge in [-0.2, -0.15) is 5.10 Å². The Hall–Kier alpha value is -3.32. The van der Waals surface area contributed by atoms with E-state index in [4.69, 9.17) is 4.98 Å². The lowest BCUT2D eigenvalue weighted by atomic mass is 10.0. The van der Waals surface area contributed by atoms with Gasteiger partial charge in [0.25, 0.3) is 11.5 Å². The summed E-state index contributed by atoms with van der Waals surface area (Å²) < 4.78 is 2.07. The number of carbonyl (C=O) groups is 1. The molecule has 0 fully saturated rings. The van der Waals surface area contributed by atoms with E-state index in [2.05, 4.69) is 26.3 Å². The van der Waals surface area contributed by atoms with Gasteiger partial charge in [0.2, 0.25) is 0 Å². The number of pyridine rings is 1. The Labute approximate surface area is 169 Å². The highest BCUT2D eigenvalue weighted by molar-refractivity contribution is 9.10. The van der Waals surface area contributed by atoms with Crippen molar-refractivity contribution in [3.63, 3.8) is 0 Å². The SMILES string of the molecule is Cn1ncc(NC(=O)c2cc(-c3ccccc3)nc3cc(Br)ccc23)cc1=O. The number of anilines is 1. The first-order valence-corrected chi connectivity index (χ1v) is 9.31. The number of benzene rings is 2. The maximum atomic E-state index is 13.0. The third-order valence-electron chi connectivity index (χ3n) is 4.31. The third kappa shape index (κ3) is 3.57. The molecule has 4 rings (SSSR count). The number of aryl methyl sites for hydroxylation is 1. The van der Waals surface area contributed by atoms with Crippen molar-refractivity contribution in [1.82, 2.24) is 14.8 Å². The quantitative estimate of drug-likeness (QED) is 0.528. The van der Waals surface area contributed by atoms with Crippen LogP contribution in [0.3, 0.4) is 0 Å². The van der Waals surface area contributed by atoms with Crippen LogP contribution in [0.5, 0.6) is 0 Å². The molecule has 0 spiro atoms. The predicted molar refractivity (Wildman–Crippen MR) is 112 cm³/mol. The maximum Gasteiger partial charge on any atom is 0.268 e.